The molecule has 1 aromatic rings. The second-order valence-electron chi connectivity index (χ2n) is 4.71. The summed E-state index contributed by atoms with van der Waals surface area (Å²) in [5.41, 5.74) is 0.891. The fourth-order valence-electron chi connectivity index (χ4n) is 2.06. The van der Waals surface area contributed by atoms with E-state index in [0.717, 1.165) is 11.3 Å². The maximum absolute atomic E-state index is 11.9. The lowest BCUT2D eigenvalue weighted by molar-refractivity contribution is -0.125. The Labute approximate surface area is 118 Å². The summed E-state index contributed by atoms with van der Waals surface area (Å²) in [5.74, 6) is 0.580. The maximum atomic E-state index is 11.9. The van der Waals surface area contributed by atoms with E-state index in [-0.39, 0.29) is 19.0 Å². The van der Waals surface area contributed by atoms with E-state index in [0.29, 0.717) is 6.61 Å². The molecule has 0 spiro atoms. The molecular weight excluding hydrogens is 258 g/mol. The molecule has 2 atom stereocenters. The van der Waals surface area contributed by atoms with Crippen LogP contribution in [0, 0.1) is 0 Å². The summed E-state index contributed by atoms with van der Waals surface area (Å²) >= 11 is 0. The largest absolute Gasteiger partial charge is 0.494 e. The van der Waals surface area contributed by atoms with Crippen molar-refractivity contribution < 1.29 is 19.7 Å². The van der Waals surface area contributed by atoms with Crippen LogP contribution in [-0.4, -0.2) is 52.9 Å². The fourth-order valence-corrected chi connectivity index (χ4v) is 2.06. The zero-order valence-corrected chi connectivity index (χ0v) is 11.4. The molecule has 2 rings (SSSR count). The summed E-state index contributed by atoms with van der Waals surface area (Å²) in [7, 11) is 0. The van der Waals surface area contributed by atoms with E-state index in [9.17, 15) is 15.0 Å². The molecule has 1 aromatic carbocycles. The summed E-state index contributed by atoms with van der Waals surface area (Å²) < 4.78 is 5.34. The van der Waals surface area contributed by atoms with Crippen LogP contribution in [0.3, 0.4) is 0 Å². The number of ether oxygens (including phenoxy) is 1. The number of benzene rings is 1. The summed E-state index contributed by atoms with van der Waals surface area (Å²) in [6.45, 7) is 2.89. The Morgan fingerprint density at radius 1 is 1.30 bits per heavy atom. The van der Waals surface area contributed by atoms with Gasteiger partial charge in [-0.2, -0.15) is 0 Å². The van der Waals surface area contributed by atoms with Crippen molar-refractivity contribution in [1.29, 1.82) is 0 Å². The van der Waals surface area contributed by atoms with Gasteiger partial charge in [-0.1, -0.05) is 12.1 Å². The summed E-state index contributed by atoms with van der Waals surface area (Å²) in [4.78, 5) is 13.3. The van der Waals surface area contributed by atoms with Crippen LogP contribution in [0.2, 0.25) is 0 Å². The van der Waals surface area contributed by atoms with Crippen LogP contribution in [0.1, 0.15) is 12.5 Å². The molecule has 0 aliphatic carbocycles. The first-order valence-electron chi connectivity index (χ1n) is 6.66. The minimum Gasteiger partial charge on any atom is -0.494 e. The van der Waals surface area contributed by atoms with Crippen molar-refractivity contribution in [1.82, 2.24) is 4.90 Å². The number of aliphatic hydroxyl groups excluding tert-OH is 2. The van der Waals surface area contributed by atoms with Gasteiger partial charge in [-0.05, 0) is 30.7 Å². The van der Waals surface area contributed by atoms with E-state index in [1.165, 1.54) is 11.0 Å². The monoisotopic (exact) mass is 277 g/mol. The third kappa shape index (κ3) is 3.59. The molecule has 2 unspecified atom stereocenters. The van der Waals surface area contributed by atoms with Crippen molar-refractivity contribution >= 4 is 12.0 Å². The maximum Gasteiger partial charge on any atom is 0.246 e. The first-order chi connectivity index (χ1) is 9.60. The number of carbonyl (C=O) groups excluding carboxylic acids is 1. The average molecular weight is 277 g/mol. The lowest BCUT2D eigenvalue weighted by Crippen LogP contribution is -2.27. The smallest absolute Gasteiger partial charge is 0.246 e. The quantitative estimate of drug-likeness (QED) is 0.793. The topological polar surface area (TPSA) is 70.0 Å². The Bertz CT molecular complexity index is 473. The first kappa shape index (κ1) is 14.6. The van der Waals surface area contributed by atoms with Gasteiger partial charge in [-0.25, -0.2) is 0 Å². The van der Waals surface area contributed by atoms with Crippen molar-refractivity contribution in [2.75, 3.05) is 19.7 Å². The molecule has 1 amide bonds. The molecule has 5 nitrogen and oxygen atoms in total. The van der Waals surface area contributed by atoms with Gasteiger partial charge in [0.1, 0.15) is 5.75 Å². The molecule has 1 aliphatic rings. The van der Waals surface area contributed by atoms with Crippen LogP contribution in [-0.2, 0) is 4.79 Å². The van der Waals surface area contributed by atoms with Crippen molar-refractivity contribution in [3.05, 3.63) is 35.9 Å². The number of amides is 1. The molecule has 2 N–H and O–H groups in total. The normalized spacial score (nSPS) is 22.4. The highest BCUT2D eigenvalue weighted by atomic mass is 16.5. The van der Waals surface area contributed by atoms with E-state index in [2.05, 4.69) is 0 Å². The van der Waals surface area contributed by atoms with E-state index in [1.54, 1.807) is 6.08 Å². The molecular formula is C15H19NO4. The minimum atomic E-state index is -0.849. The van der Waals surface area contributed by atoms with Gasteiger partial charge in [0.2, 0.25) is 5.91 Å². The van der Waals surface area contributed by atoms with Crippen molar-refractivity contribution in [2.24, 2.45) is 0 Å². The molecule has 0 saturated carbocycles. The summed E-state index contributed by atoms with van der Waals surface area (Å²) in [6.07, 6.45) is 1.45. The molecule has 20 heavy (non-hydrogen) atoms. The van der Waals surface area contributed by atoms with E-state index in [1.807, 2.05) is 31.2 Å². The molecule has 108 valence electrons. The molecule has 0 radical (unpaired) electrons. The van der Waals surface area contributed by atoms with Crippen molar-refractivity contribution in [3.63, 3.8) is 0 Å². The summed E-state index contributed by atoms with van der Waals surface area (Å²) in [5, 5.41) is 18.8. The number of aliphatic hydroxyl groups is 2. The van der Waals surface area contributed by atoms with Gasteiger partial charge in [-0.3, -0.25) is 4.79 Å². The predicted octanol–water partition coefficient (Wildman–Crippen LogP) is 0.662. The Morgan fingerprint density at radius 3 is 2.45 bits per heavy atom. The Hall–Kier alpha value is -1.85. The highest BCUT2D eigenvalue weighted by molar-refractivity contribution is 5.92. The second kappa shape index (κ2) is 6.54. The van der Waals surface area contributed by atoms with Crippen LogP contribution in [0.15, 0.2) is 30.3 Å². The highest BCUT2D eigenvalue weighted by Crippen LogP contribution is 2.14. The molecule has 1 aliphatic heterocycles. The molecule has 1 saturated heterocycles. The third-order valence-electron chi connectivity index (χ3n) is 3.18. The number of nitrogens with zero attached hydrogens (tertiary/aromatic N) is 1. The zero-order valence-electron chi connectivity index (χ0n) is 11.4. The van der Waals surface area contributed by atoms with Gasteiger partial charge in [0.25, 0.3) is 0 Å². The van der Waals surface area contributed by atoms with Crippen molar-refractivity contribution in [2.45, 2.75) is 19.1 Å². The first-order valence-corrected chi connectivity index (χ1v) is 6.66. The Morgan fingerprint density at radius 2 is 1.90 bits per heavy atom. The minimum absolute atomic E-state index is 0.174. The number of hydrogen-bond donors (Lipinski definition) is 2. The lowest BCUT2D eigenvalue weighted by Gasteiger charge is -2.12. The molecule has 0 aromatic heterocycles. The Kier molecular flexibility index (Phi) is 4.76. The van der Waals surface area contributed by atoms with Crippen LogP contribution < -0.4 is 4.74 Å². The van der Waals surface area contributed by atoms with E-state index >= 15 is 0 Å². The standard InChI is InChI=1S/C15H19NO4/c1-2-20-12-6-3-11(4-7-12)5-8-15(19)16-9-13(17)14(18)10-16/h3-8,13-14,17-18H,2,9-10H2,1H3/b8-5+. The second-order valence-corrected chi connectivity index (χ2v) is 4.71. The van der Waals surface area contributed by atoms with Gasteiger partial charge in [-0.15, -0.1) is 0 Å². The third-order valence-corrected chi connectivity index (χ3v) is 3.18. The van der Waals surface area contributed by atoms with Gasteiger partial charge < -0.3 is 19.8 Å². The number of β-amino-alcohol motifs (C(OH)–C–C–N with tert-alkyl or cyclic N) is 2. The number of rotatable bonds is 4. The van der Waals surface area contributed by atoms with Crippen LogP contribution in [0.5, 0.6) is 5.75 Å². The molecule has 1 fully saturated rings. The number of likely N-dealkylation sites (tertiary alicyclic amines) is 1. The van der Waals surface area contributed by atoms with Gasteiger partial charge >= 0.3 is 0 Å². The SMILES string of the molecule is CCOc1ccc(/C=C/C(=O)N2CC(O)C(O)C2)cc1. The van der Waals surface area contributed by atoms with Crippen molar-refractivity contribution in [3.8, 4) is 5.75 Å². The average Bonchev–Trinajstić information content (AvgIpc) is 2.78. The number of carbonyl (C=O) groups is 1. The Balaban J connectivity index is 1.93. The van der Waals surface area contributed by atoms with Gasteiger partial charge in [0.05, 0.1) is 18.8 Å². The predicted molar refractivity (Wildman–Crippen MR) is 75.2 cm³/mol. The molecule has 5 heteroatoms. The van der Waals surface area contributed by atoms with Crippen LogP contribution >= 0.6 is 0 Å². The highest BCUT2D eigenvalue weighted by Gasteiger charge is 2.31. The molecule has 0 bridgehead atoms. The van der Waals surface area contributed by atoms with Gasteiger partial charge in [0, 0.05) is 19.2 Å². The summed E-state index contributed by atoms with van der Waals surface area (Å²) in [6, 6.07) is 7.42. The van der Waals surface area contributed by atoms with Gasteiger partial charge in [0.15, 0.2) is 0 Å². The van der Waals surface area contributed by atoms with E-state index < -0.39 is 12.2 Å². The van der Waals surface area contributed by atoms with E-state index in [4.69, 9.17) is 4.74 Å². The van der Waals surface area contributed by atoms with Crippen LogP contribution in [0.4, 0.5) is 0 Å². The number of hydrogen-bond acceptors (Lipinski definition) is 4. The zero-order chi connectivity index (χ0) is 14.5. The molecule has 1 heterocycles. The fraction of sp³-hybridized carbons (Fsp3) is 0.400. The lowest BCUT2D eigenvalue weighted by atomic mass is 10.2. The van der Waals surface area contributed by atoms with Crippen LogP contribution in [0.25, 0.3) is 6.08 Å².